The molecule has 2 N–H and O–H groups in total. The number of nitrogens with two attached hydrogens (primary N) is 1. The molecule has 2 heterocycles. The second-order valence-electron chi connectivity index (χ2n) is 5.50. The van der Waals surface area contributed by atoms with Gasteiger partial charge in [0.15, 0.2) is 0 Å². The van der Waals surface area contributed by atoms with E-state index in [9.17, 15) is 4.79 Å². The number of primary amides is 1. The number of rotatable bonds is 4. The number of hydrogen-bond acceptors (Lipinski definition) is 3. The van der Waals surface area contributed by atoms with E-state index < -0.39 is 0 Å². The monoisotopic (exact) mass is 284 g/mol. The quantitative estimate of drug-likeness (QED) is 0.929. The van der Waals surface area contributed by atoms with E-state index in [2.05, 4.69) is 22.1 Å². The van der Waals surface area contributed by atoms with Gasteiger partial charge in [-0.2, -0.15) is 5.10 Å². The molecule has 110 valence electrons. The van der Waals surface area contributed by atoms with Crippen molar-refractivity contribution < 1.29 is 4.79 Å². The van der Waals surface area contributed by atoms with Crippen LogP contribution >= 0.6 is 0 Å². The van der Waals surface area contributed by atoms with E-state index in [0.29, 0.717) is 0 Å². The summed E-state index contributed by atoms with van der Waals surface area (Å²) in [5.41, 5.74) is 7.74. The van der Waals surface area contributed by atoms with E-state index in [-0.39, 0.29) is 11.9 Å². The fourth-order valence-electron chi connectivity index (χ4n) is 2.91. The fourth-order valence-corrected chi connectivity index (χ4v) is 2.91. The number of piperidine rings is 1. The molecule has 1 atom stereocenters. The van der Waals surface area contributed by atoms with Crippen LogP contribution in [0.2, 0.25) is 0 Å². The molecule has 0 aliphatic carbocycles. The number of likely N-dealkylation sites (tertiary alicyclic amines) is 1. The van der Waals surface area contributed by atoms with Crippen molar-refractivity contribution in [1.29, 1.82) is 0 Å². The van der Waals surface area contributed by atoms with Gasteiger partial charge >= 0.3 is 0 Å². The molecular weight excluding hydrogens is 264 g/mol. The highest BCUT2D eigenvalue weighted by Gasteiger charge is 2.26. The SMILES string of the molecule is NC(=O)[C@H]1CCCCN1Cc1ccc(-n2cccn2)cc1. The molecule has 1 aromatic carbocycles. The minimum Gasteiger partial charge on any atom is -0.368 e. The average Bonchev–Trinajstić information content (AvgIpc) is 3.03. The average molecular weight is 284 g/mol. The summed E-state index contributed by atoms with van der Waals surface area (Å²) in [4.78, 5) is 13.7. The van der Waals surface area contributed by atoms with Gasteiger partial charge < -0.3 is 5.73 Å². The number of nitrogens with zero attached hydrogens (tertiary/aromatic N) is 3. The lowest BCUT2D eigenvalue weighted by Crippen LogP contribution is -2.47. The zero-order chi connectivity index (χ0) is 14.7. The Balaban J connectivity index is 1.71. The smallest absolute Gasteiger partial charge is 0.234 e. The van der Waals surface area contributed by atoms with Gasteiger partial charge in [0.2, 0.25) is 5.91 Å². The molecule has 1 saturated heterocycles. The maximum Gasteiger partial charge on any atom is 0.234 e. The van der Waals surface area contributed by atoms with Crippen LogP contribution in [0.1, 0.15) is 24.8 Å². The number of aromatic nitrogens is 2. The molecule has 0 saturated carbocycles. The predicted molar refractivity (Wildman–Crippen MR) is 80.8 cm³/mol. The van der Waals surface area contributed by atoms with Crippen LogP contribution < -0.4 is 5.73 Å². The van der Waals surface area contributed by atoms with Crippen molar-refractivity contribution in [3.05, 3.63) is 48.3 Å². The fraction of sp³-hybridized carbons (Fsp3) is 0.375. The van der Waals surface area contributed by atoms with Crippen molar-refractivity contribution in [2.75, 3.05) is 6.54 Å². The standard InChI is InChI=1S/C16H20N4O/c17-16(21)15-4-1-2-10-19(15)12-13-5-7-14(8-6-13)20-11-3-9-18-20/h3,5-9,11,15H,1-2,4,10,12H2,(H2,17,21)/t15-/m1/s1. The first-order valence-corrected chi connectivity index (χ1v) is 7.36. The molecular formula is C16H20N4O. The van der Waals surface area contributed by atoms with Gasteiger partial charge in [0.25, 0.3) is 0 Å². The zero-order valence-electron chi connectivity index (χ0n) is 12.0. The molecule has 1 aromatic heterocycles. The van der Waals surface area contributed by atoms with Crippen molar-refractivity contribution >= 4 is 5.91 Å². The molecule has 0 bridgehead atoms. The van der Waals surface area contributed by atoms with E-state index >= 15 is 0 Å². The molecule has 21 heavy (non-hydrogen) atoms. The van der Waals surface area contributed by atoms with Gasteiger partial charge in [-0.25, -0.2) is 4.68 Å². The number of carbonyl (C=O) groups excluding carboxylic acids is 1. The van der Waals surface area contributed by atoms with E-state index in [1.54, 1.807) is 6.20 Å². The highest BCUT2D eigenvalue weighted by molar-refractivity contribution is 5.79. The topological polar surface area (TPSA) is 64.2 Å². The normalized spacial score (nSPS) is 19.5. The highest BCUT2D eigenvalue weighted by atomic mass is 16.1. The Labute approximate surface area is 124 Å². The molecule has 5 heteroatoms. The van der Waals surface area contributed by atoms with Crippen molar-refractivity contribution in [3.63, 3.8) is 0 Å². The Morgan fingerprint density at radius 1 is 1.29 bits per heavy atom. The van der Waals surface area contributed by atoms with E-state index in [1.165, 1.54) is 5.56 Å². The molecule has 3 rings (SSSR count). The number of hydrogen-bond donors (Lipinski definition) is 1. The van der Waals surface area contributed by atoms with Gasteiger partial charge in [0.1, 0.15) is 0 Å². The van der Waals surface area contributed by atoms with Crippen LogP contribution in [0.15, 0.2) is 42.7 Å². The van der Waals surface area contributed by atoms with Crippen LogP contribution in [-0.4, -0.2) is 33.2 Å². The summed E-state index contributed by atoms with van der Waals surface area (Å²) in [6, 6.07) is 10.0. The number of carbonyl (C=O) groups is 1. The Kier molecular flexibility index (Phi) is 4.01. The lowest BCUT2D eigenvalue weighted by molar-refractivity contribution is -0.124. The lowest BCUT2D eigenvalue weighted by Gasteiger charge is -2.33. The van der Waals surface area contributed by atoms with Crippen LogP contribution in [0.4, 0.5) is 0 Å². The van der Waals surface area contributed by atoms with E-state index in [0.717, 1.165) is 38.0 Å². The predicted octanol–water partition coefficient (Wildman–Crippen LogP) is 1.71. The second-order valence-corrected chi connectivity index (χ2v) is 5.50. The Hall–Kier alpha value is -2.14. The maximum atomic E-state index is 11.5. The minimum absolute atomic E-state index is 0.121. The second kappa shape index (κ2) is 6.10. The summed E-state index contributed by atoms with van der Waals surface area (Å²) in [6.45, 7) is 1.71. The summed E-state index contributed by atoms with van der Waals surface area (Å²) in [5.74, 6) is -0.206. The molecule has 0 unspecified atom stereocenters. The maximum absolute atomic E-state index is 11.5. The van der Waals surface area contributed by atoms with E-state index in [4.69, 9.17) is 5.73 Å². The van der Waals surface area contributed by atoms with Crippen molar-refractivity contribution in [3.8, 4) is 5.69 Å². The zero-order valence-corrected chi connectivity index (χ0v) is 12.0. The van der Waals surface area contributed by atoms with Gasteiger partial charge in [0, 0.05) is 18.9 Å². The third kappa shape index (κ3) is 3.13. The summed E-state index contributed by atoms with van der Waals surface area (Å²) >= 11 is 0. The molecule has 1 aliphatic heterocycles. The molecule has 0 spiro atoms. The first-order valence-electron chi connectivity index (χ1n) is 7.36. The lowest BCUT2D eigenvalue weighted by atomic mass is 10.0. The van der Waals surface area contributed by atoms with Crippen LogP contribution in [0.25, 0.3) is 5.69 Å². The highest BCUT2D eigenvalue weighted by Crippen LogP contribution is 2.20. The summed E-state index contributed by atoms with van der Waals surface area (Å²) in [5, 5.41) is 4.21. The first kappa shape index (κ1) is 13.8. The molecule has 1 aliphatic rings. The van der Waals surface area contributed by atoms with Gasteiger partial charge in [-0.05, 0) is 43.1 Å². The van der Waals surface area contributed by atoms with Crippen molar-refractivity contribution in [1.82, 2.24) is 14.7 Å². The minimum atomic E-state index is -0.206. The van der Waals surface area contributed by atoms with Gasteiger partial charge in [-0.3, -0.25) is 9.69 Å². The third-order valence-corrected chi connectivity index (χ3v) is 4.03. The van der Waals surface area contributed by atoms with Crippen molar-refractivity contribution in [2.24, 2.45) is 5.73 Å². The molecule has 5 nitrogen and oxygen atoms in total. The summed E-state index contributed by atoms with van der Waals surface area (Å²) in [6.07, 6.45) is 6.78. The van der Waals surface area contributed by atoms with Crippen LogP contribution in [0.3, 0.4) is 0 Å². The van der Waals surface area contributed by atoms with E-state index in [1.807, 2.05) is 29.1 Å². The van der Waals surface area contributed by atoms with Crippen LogP contribution in [0.5, 0.6) is 0 Å². The van der Waals surface area contributed by atoms with Gasteiger partial charge in [0.05, 0.1) is 11.7 Å². The molecule has 1 fully saturated rings. The van der Waals surface area contributed by atoms with Crippen LogP contribution in [-0.2, 0) is 11.3 Å². The largest absolute Gasteiger partial charge is 0.368 e. The Morgan fingerprint density at radius 3 is 2.76 bits per heavy atom. The Bertz CT molecular complexity index is 591. The van der Waals surface area contributed by atoms with Gasteiger partial charge in [-0.1, -0.05) is 18.6 Å². The van der Waals surface area contributed by atoms with Crippen LogP contribution in [0, 0.1) is 0 Å². The third-order valence-electron chi connectivity index (χ3n) is 4.03. The summed E-state index contributed by atoms with van der Waals surface area (Å²) < 4.78 is 1.83. The first-order chi connectivity index (χ1) is 10.2. The molecule has 0 radical (unpaired) electrons. The summed E-state index contributed by atoms with van der Waals surface area (Å²) in [7, 11) is 0. The Morgan fingerprint density at radius 2 is 2.10 bits per heavy atom. The number of benzene rings is 1. The molecule has 1 amide bonds. The molecule has 2 aromatic rings. The van der Waals surface area contributed by atoms with Gasteiger partial charge in [-0.15, -0.1) is 0 Å². The van der Waals surface area contributed by atoms with Crippen molar-refractivity contribution in [2.45, 2.75) is 31.8 Å². The number of amides is 1.